The van der Waals surface area contributed by atoms with Crippen molar-refractivity contribution in [3.8, 4) is 0 Å². The van der Waals surface area contributed by atoms with Gasteiger partial charge in [0.1, 0.15) is 0 Å². The maximum absolute atomic E-state index is 11.8. The average molecular weight is 224 g/mol. The van der Waals surface area contributed by atoms with E-state index in [9.17, 15) is 4.79 Å². The van der Waals surface area contributed by atoms with E-state index in [0.29, 0.717) is 12.1 Å². The summed E-state index contributed by atoms with van der Waals surface area (Å²) in [4.78, 5) is 11.8. The fraction of sp³-hybridized carbons (Fsp3) is 0.0667. The van der Waals surface area contributed by atoms with E-state index < -0.39 is 0 Å². The molecule has 0 spiro atoms. The third-order valence-electron chi connectivity index (χ3n) is 2.51. The van der Waals surface area contributed by atoms with Crippen LogP contribution in [0.2, 0.25) is 0 Å². The maximum Gasteiger partial charge on any atom is 0.251 e. The van der Waals surface area contributed by atoms with E-state index in [0.717, 1.165) is 11.1 Å². The quantitative estimate of drug-likeness (QED) is 0.853. The normalized spacial score (nSPS) is 9.94. The summed E-state index contributed by atoms with van der Waals surface area (Å²) in [5.41, 5.74) is 2.66. The molecular formula is C15H14NO. The summed E-state index contributed by atoms with van der Waals surface area (Å²) in [6.07, 6.45) is 0. The first kappa shape index (κ1) is 11.4. The zero-order chi connectivity index (χ0) is 12.1. The first-order valence-electron chi connectivity index (χ1n) is 5.50. The van der Waals surface area contributed by atoms with Crippen molar-refractivity contribution in [3.63, 3.8) is 0 Å². The van der Waals surface area contributed by atoms with Crippen molar-refractivity contribution in [1.82, 2.24) is 5.32 Å². The first-order valence-corrected chi connectivity index (χ1v) is 5.50. The second-order valence-corrected chi connectivity index (χ2v) is 3.87. The minimum absolute atomic E-state index is 0.0612. The van der Waals surface area contributed by atoms with E-state index in [1.165, 1.54) is 0 Å². The lowest BCUT2D eigenvalue weighted by atomic mass is 10.1. The van der Waals surface area contributed by atoms with Gasteiger partial charge in [-0.15, -0.1) is 0 Å². The molecule has 0 fully saturated rings. The molecule has 2 heteroatoms. The molecule has 0 aliphatic carbocycles. The van der Waals surface area contributed by atoms with Crippen molar-refractivity contribution in [2.75, 3.05) is 0 Å². The molecule has 0 unspecified atom stereocenters. The fourth-order valence-corrected chi connectivity index (χ4v) is 1.54. The molecule has 2 aromatic rings. The van der Waals surface area contributed by atoms with Crippen LogP contribution in [-0.4, -0.2) is 5.91 Å². The molecule has 2 rings (SSSR count). The SMILES string of the molecule is [CH2]c1ccc(C(=O)NCc2ccccc2)cc1. The summed E-state index contributed by atoms with van der Waals surface area (Å²) in [7, 11) is 0. The molecule has 1 N–H and O–H groups in total. The van der Waals surface area contributed by atoms with Crippen molar-refractivity contribution >= 4 is 5.91 Å². The molecule has 85 valence electrons. The Balaban J connectivity index is 1.96. The Morgan fingerprint density at radius 3 is 2.29 bits per heavy atom. The zero-order valence-corrected chi connectivity index (χ0v) is 9.52. The molecule has 2 aromatic carbocycles. The number of carbonyl (C=O) groups excluding carboxylic acids is 1. The van der Waals surface area contributed by atoms with Crippen LogP contribution in [0.4, 0.5) is 0 Å². The van der Waals surface area contributed by atoms with Gasteiger partial charge in [0.25, 0.3) is 5.91 Å². The number of hydrogen-bond donors (Lipinski definition) is 1. The van der Waals surface area contributed by atoms with Gasteiger partial charge in [-0.05, 0) is 30.2 Å². The Morgan fingerprint density at radius 2 is 1.65 bits per heavy atom. The second-order valence-electron chi connectivity index (χ2n) is 3.87. The van der Waals surface area contributed by atoms with Gasteiger partial charge in [-0.3, -0.25) is 4.79 Å². The van der Waals surface area contributed by atoms with Gasteiger partial charge in [0.15, 0.2) is 0 Å². The van der Waals surface area contributed by atoms with E-state index in [-0.39, 0.29) is 5.91 Å². The van der Waals surface area contributed by atoms with Crippen LogP contribution in [0.15, 0.2) is 54.6 Å². The highest BCUT2D eigenvalue weighted by Gasteiger charge is 2.03. The molecule has 0 saturated carbocycles. The molecule has 0 bridgehead atoms. The number of nitrogens with one attached hydrogen (secondary N) is 1. The molecule has 0 atom stereocenters. The summed E-state index contributed by atoms with van der Waals surface area (Å²) in [6.45, 7) is 4.33. The van der Waals surface area contributed by atoms with Crippen LogP contribution in [0.25, 0.3) is 0 Å². The van der Waals surface area contributed by atoms with Crippen LogP contribution in [0.5, 0.6) is 0 Å². The minimum atomic E-state index is -0.0612. The lowest BCUT2D eigenvalue weighted by molar-refractivity contribution is 0.0951. The summed E-state index contributed by atoms with van der Waals surface area (Å²) in [5.74, 6) is -0.0612. The van der Waals surface area contributed by atoms with Gasteiger partial charge in [0.05, 0.1) is 0 Å². The topological polar surface area (TPSA) is 29.1 Å². The molecule has 1 amide bonds. The largest absolute Gasteiger partial charge is 0.348 e. The zero-order valence-electron chi connectivity index (χ0n) is 9.52. The smallest absolute Gasteiger partial charge is 0.251 e. The summed E-state index contributed by atoms with van der Waals surface area (Å²) in [6, 6.07) is 17.1. The Hall–Kier alpha value is -2.09. The third-order valence-corrected chi connectivity index (χ3v) is 2.51. The highest BCUT2D eigenvalue weighted by atomic mass is 16.1. The number of hydrogen-bond acceptors (Lipinski definition) is 1. The molecule has 17 heavy (non-hydrogen) atoms. The highest BCUT2D eigenvalue weighted by molar-refractivity contribution is 5.94. The van der Waals surface area contributed by atoms with Crippen LogP contribution < -0.4 is 5.32 Å². The Morgan fingerprint density at radius 1 is 1.00 bits per heavy atom. The van der Waals surface area contributed by atoms with Crippen LogP contribution in [0.1, 0.15) is 21.5 Å². The Kier molecular flexibility index (Phi) is 3.55. The van der Waals surface area contributed by atoms with Crippen molar-refractivity contribution < 1.29 is 4.79 Å². The summed E-state index contributed by atoms with van der Waals surface area (Å²) in [5, 5.41) is 2.88. The van der Waals surface area contributed by atoms with Crippen LogP contribution >= 0.6 is 0 Å². The van der Waals surface area contributed by atoms with E-state index in [1.807, 2.05) is 42.5 Å². The summed E-state index contributed by atoms with van der Waals surface area (Å²) >= 11 is 0. The number of rotatable bonds is 3. The maximum atomic E-state index is 11.8. The monoisotopic (exact) mass is 224 g/mol. The lowest BCUT2D eigenvalue weighted by Gasteiger charge is -2.05. The lowest BCUT2D eigenvalue weighted by Crippen LogP contribution is -2.22. The van der Waals surface area contributed by atoms with Crippen molar-refractivity contribution in [3.05, 3.63) is 78.2 Å². The summed E-state index contributed by atoms with van der Waals surface area (Å²) < 4.78 is 0. The van der Waals surface area contributed by atoms with Crippen LogP contribution in [0.3, 0.4) is 0 Å². The molecule has 0 aliphatic heterocycles. The van der Waals surface area contributed by atoms with E-state index in [2.05, 4.69) is 12.2 Å². The average Bonchev–Trinajstić information content (AvgIpc) is 2.38. The molecule has 0 aromatic heterocycles. The number of carbonyl (C=O) groups is 1. The van der Waals surface area contributed by atoms with Gasteiger partial charge >= 0.3 is 0 Å². The molecule has 0 saturated heterocycles. The van der Waals surface area contributed by atoms with E-state index in [1.54, 1.807) is 12.1 Å². The van der Waals surface area contributed by atoms with Crippen molar-refractivity contribution in [2.45, 2.75) is 6.54 Å². The molecular weight excluding hydrogens is 210 g/mol. The molecule has 1 radical (unpaired) electrons. The molecule has 0 aliphatic rings. The van der Waals surface area contributed by atoms with Gasteiger partial charge < -0.3 is 5.32 Å². The van der Waals surface area contributed by atoms with Crippen molar-refractivity contribution in [1.29, 1.82) is 0 Å². The predicted octanol–water partition coefficient (Wildman–Crippen LogP) is 2.80. The molecule has 0 heterocycles. The van der Waals surface area contributed by atoms with Gasteiger partial charge in [0.2, 0.25) is 0 Å². The Labute approximate surface area is 101 Å². The Bertz CT molecular complexity index is 488. The van der Waals surface area contributed by atoms with Crippen LogP contribution in [0, 0.1) is 6.92 Å². The van der Waals surface area contributed by atoms with Gasteiger partial charge in [-0.1, -0.05) is 42.5 Å². The van der Waals surface area contributed by atoms with Crippen LogP contribution in [-0.2, 0) is 6.54 Å². The minimum Gasteiger partial charge on any atom is -0.348 e. The number of amides is 1. The highest BCUT2D eigenvalue weighted by Crippen LogP contribution is 2.04. The first-order chi connectivity index (χ1) is 8.25. The van der Waals surface area contributed by atoms with E-state index in [4.69, 9.17) is 0 Å². The number of benzene rings is 2. The van der Waals surface area contributed by atoms with Crippen molar-refractivity contribution in [2.24, 2.45) is 0 Å². The van der Waals surface area contributed by atoms with Gasteiger partial charge in [-0.2, -0.15) is 0 Å². The second kappa shape index (κ2) is 5.30. The predicted molar refractivity (Wildman–Crippen MR) is 68.5 cm³/mol. The molecule has 2 nitrogen and oxygen atoms in total. The third kappa shape index (κ3) is 3.18. The standard InChI is InChI=1S/C15H14NO/c1-12-7-9-14(10-8-12)15(17)16-11-13-5-3-2-4-6-13/h2-10H,1,11H2,(H,16,17). The van der Waals surface area contributed by atoms with Gasteiger partial charge in [0, 0.05) is 12.1 Å². The van der Waals surface area contributed by atoms with E-state index >= 15 is 0 Å². The fourth-order valence-electron chi connectivity index (χ4n) is 1.54. The van der Waals surface area contributed by atoms with Gasteiger partial charge in [-0.25, -0.2) is 0 Å².